The lowest BCUT2D eigenvalue weighted by molar-refractivity contribution is -0.131. The maximum atomic E-state index is 12.4. The number of carbonyl (C=O) groups is 1. The summed E-state index contributed by atoms with van der Waals surface area (Å²) in [5.74, 6) is 2.92. The third-order valence-electron chi connectivity index (χ3n) is 4.58. The van der Waals surface area contributed by atoms with E-state index in [1.54, 1.807) is 7.11 Å². The standard InChI is InChI=1S/C19H26N2O2/c1-4-6-7-15-12-14-13-16(23-3)8-9-17(14)18(10-11-20)21(15)19(22)5-2/h2,8-9,13,15,18H,4,6-7,10-12,20H2,1,3H3/t15-,18?/m0/s1. The van der Waals surface area contributed by atoms with Crippen LogP contribution in [0.25, 0.3) is 0 Å². The molecule has 0 saturated carbocycles. The van der Waals surface area contributed by atoms with E-state index in [9.17, 15) is 4.79 Å². The number of nitrogens with two attached hydrogens (primary N) is 1. The number of unbranched alkanes of at least 4 members (excludes halogenated alkanes) is 1. The first-order valence-corrected chi connectivity index (χ1v) is 8.32. The third-order valence-corrected chi connectivity index (χ3v) is 4.58. The van der Waals surface area contributed by atoms with E-state index in [-0.39, 0.29) is 18.0 Å². The zero-order chi connectivity index (χ0) is 16.8. The van der Waals surface area contributed by atoms with Crippen LogP contribution >= 0.6 is 0 Å². The van der Waals surface area contributed by atoms with Gasteiger partial charge >= 0.3 is 0 Å². The maximum absolute atomic E-state index is 12.4. The Balaban J connectivity index is 2.44. The molecule has 0 fully saturated rings. The van der Waals surface area contributed by atoms with E-state index < -0.39 is 0 Å². The van der Waals surface area contributed by atoms with E-state index in [1.807, 2.05) is 17.0 Å². The number of hydrogen-bond acceptors (Lipinski definition) is 3. The van der Waals surface area contributed by atoms with Crippen molar-refractivity contribution in [3.8, 4) is 18.1 Å². The average Bonchev–Trinajstić information content (AvgIpc) is 2.58. The predicted molar refractivity (Wildman–Crippen MR) is 92.1 cm³/mol. The van der Waals surface area contributed by atoms with Gasteiger partial charge in [0.1, 0.15) is 5.75 Å². The summed E-state index contributed by atoms with van der Waals surface area (Å²) in [6, 6.07) is 6.15. The van der Waals surface area contributed by atoms with E-state index in [2.05, 4.69) is 18.9 Å². The fourth-order valence-corrected chi connectivity index (χ4v) is 3.48. The summed E-state index contributed by atoms with van der Waals surface area (Å²) in [6.45, 7) is 2.68. The van der Waals surface area contributed by atoms with Gasteiger partial charge in [0.25, 0.3) is 5.91 Å². The van der Waals surface area contributed by atoms with E-state index in [1.165, 1.54) is 5.56 Å². The molecule has 1 aromatic rings. The number of hydrogen-bond donors (Lipinski definition) is 1. The molecule has 0 saturated heterocycles. The molecule has 0 aliphatic carbocycles. The predicted octanol–water partition coefficient (Wildman–Crippen LogP) is 2.66. The Morgan fingerprint density at radius 3 is 2.87 bits per heavy atom. The molecule has 1 heterocycles. The lowest BCUT2D eigenvalue weighted by Gasteiger charge is -2.42. The molecular weight excluding hydrogens is 288 g/mol. The van der Waals surface area contributed by atoms with Gasteiger partial charge in [-0.3, -0.25) is 4.79 Å². The van der Waals surface area contributed by atoms with Crippen molar-refractivity contribution in [2.24, 2.45) is 5.73 Å². The number of ether oxygens (including phenoxy) is 1. The summed E-state index contributed by atoms with van der Waals surface area (Å²) < 4.78 is 5.35. The van der Waals surface area contributed by atoms with E-state index in [0.717, 1.165) is 43.4 Å². The smallest absolute Gasteiger partial charge is 0.298 e. The minimum atomic E-state index is -0.231. The first-order valence-electron chi connectivity index (χ1n) is 8.32. The van der Waals surface area contributed by atoms with E-state index >= 15 is 0 Å². The summed E-state index contributed by atoms with van der Waals surface area (Å²) in [5.41, 5.74) is 8.19. The normalized spacial score (nSPS) is 19.8. The first-order chi connectivity index (χ1) is 11.2. The van der Waals surface area contributed by atoms with Crippen LogP contribution in [-0.2, 0) is 11.2 Å². The number of amides is 1. The monoisotopic (exact) mass is 314 g/mol. The molecule has 23 heavy (non-hydrogen) atoms. The maximum Gasteiger partial charge on any atom is 0.298 e. The lowest BCUT2D eigenvalue weighted by Crippen LogP contribution is -2.47. The minimum absolute atomic E-state index is 0.0416. The van der Waals surface area contributed by atoms with Crippen molar-refractivity contribution in [2.75, 3.05) is 13.7 Å². The quantitative estimate of drug-likeness (QED) is 0.821. The first kappa shape index (κ1) is 17.4. The molecular formula is C19H26N2O2. The molecule has 2 atom stereocenters. The minimum Gasteiger partial charge on any atom is -0.497 e. The Bertz CT molecular complexity index is 592. The van der Waals surface area contributed by atoms with Gasteiger partial charge in [0, 0.05) is 6.04 Å². The van der Waals surface area contributed by atoms with Crippen molar-refractivity contribution >= 4 is 5.91 Å². The highest BCUT2D eigenvalue weighted by atomic mass is 16.5. The Morgan fingerprint density at radius 2 is 2.26 bits per heavy atom. The Morgan fingerprint density at radius 1 is 1.48 bits per heavy atom. The highest BCUT2D eigenvalue weighted by Crippen LogP contribution is 2.38. The summed E-state index contributed by atoms with van der Waals surface area (Å²) in [7, 11) is 1.67. The van der Waals surface area contributed by atoms with Gasteiger partial charge in [-0.15, -0.1) is 6.42 Å². The molecule has 0 spiro atoms. The molecule has 2 rings (SSSR count). The number of rotatable bonds is 6. The van der Waals surface area contributed by atoms with Crippen LogP contribution in [0, 0.1) is 12.3 Å². The topological polar surface area (TPSA) is 55.6 Å². The third kappa shape index (κ3) is 3.68. The molecule has 1 aliphatic rings. The molecule has 4 heteroatoms. The van der Waals surface area contributed by atoms with Gasteiger partial charge in [-0.1, -0.05) is 25.8 Å². The average molecular weight is 314 g/mol. The van der Waals surface area contributed by atoms with Gasteiger partial charge in [0.05, 0.1) is 13.2 Å². The van der Waals surface area contributed by atoms with E-state index in [0.29, 0.717) is 6.54 Å². The summed E-state index contributed by atoms with van der Waals surface area (Å²) in [5, 5.41) is 0. The van der Waals surface area contributed by atoms with Gasteiger partial charge in [-0.2, -0.15) is 0 Å². The van der Waals surface area contributed by atoms with Crippen LogP contribution < -0.4 is 10.5 Å². The Hall–Kier alpha value is -1.99. The van der Waals surface area contributed by atoms with Gasteiger partial charge in [-0.05, 0) is 55.0 Å². The molecule has 2 N–H and O–H groups in total. The largest absolute Gasteiger partial charge is 0.497 e. The SMILES string of the molecule is C#CC(=O)N1C(CCN)c2ccc(OC)cc2C[C@@H]1CCCC. The highest BCUT2D eigenvalue weighted by molar-refractivity contribution is 5.93. The zero-order valence-electron chi connectivity index (χ0n) is 14.0. The lowest BCUT2D eigenvalue weighted by atomic mass is 9.84. The molecule has 1 amide bonds. The second kappa shape index (κ2) is 8.03. The molecule has 0 bridgehead atoms. The van der Waals surface area contributed by atoms with Crippen molar-refractivity contribution in [2.45, 2.75) is 51.1 Å². The Kier molecular flexibility index (Phi) is 6.06. The highest BCUT2D eigenvalue weighted by Gasteiger charge is 2.36. The van der Waals surface area contributed by atoms with Gasteiger partial charge < -0.3 is 15.4 Å². The molecule has 124 valence electrons. The number of nitrogens with zero attached hydrogens (tertiary/aromatic N) is 1. The summed E-state index contributed by atoms with van der Waals surface area (Å²) in [6.07, 6.45) is 10.1. The van der Waals surface area contributed by atoms with Crippen LogP contribution in [-0.4, -0.2) is 30.5 Å². The fourth-order valence-electron chi connectivity index (χ4n) is 3.48. The molecule has 1 unspecified atom stereocenters. The number of methoxy groups -OCH3 is 1. The van der Waals surface area contributed by atoms with Crippen LogP contribution in [0.2, 0.25) is 0 Å². The molecule has 1 aromatic carbocycles. The summed E-state index contributed by atoms with van der Waals surface area (Å²) in [4.78, 5) is 14.3. The number of benzene rings is 1. The van der Waals surface area contributed by atoms with Crippen molar-refractivity contribution in [1.29, 1.82) is 0 Å². The summed E-state index contributed by atoms with van der Waals surface area (Å²) >= 11 is 0. The van der Waals surface area contributed by atoms with Gasteiger partial charge in [-0.25, -0.2) is 0 Å². The van der Waals surface area contributed by atoms with Crippen molar-refractivity contribution in [3.63, 3.8) is 0 Å². The number of terminal acetylenes is 1. The van der Waals surface area contributed by atoms with Crippen molar-refractivity contribution in [3.05, 3.63) is 29.3 Å². The van der Waals surface area contributed by atoms with Crippen LogP contribution in [0.3, 0.4) is 0 Å². The number of fused-ring (bicyclic) bond motifs is 1. The van der Waals surface area contributed by atoms with Crippen LogP contribution in [0.5, 0.6) is 5.75 Å². The Labute approximate surface area is 139 Å². The van der Waals surface area contributed by atoms with Crippen LogP contribution in [0.15, 0.2) is 18.2 Å². The van der Waals surface area contributed by atoms with Crippen molar-refractivity contribution in [1.82, 2.24) is 4.90 Å². The molecule has 0 radical (unpaired) electrons. The van der Waals surface area contributed by atoms with Gasteiger partial charge in [0.2, 0.25) is 0 Å². The fraction of sp³-hybridized carbons (Fsp3) is 0.526. The van der Waals surface area contributed by atoms with Crippen LogP contribution in [0.4, 0.5) is 0 Å². The molecule has 4 nitrogen and oxygen atoms in total. The second-order valence-electron chi connectivity index (χ2n) is 6.01. The zero-order valence-corrected chi connectivity index (χ0v) is 14.0. The van der Waals surface area contributed by atoms with Crippen LogP contribution in [0.1, 0.15) is 49.8 Å². The molecule has 0 aromatic heterocycles. The second-order valence-corrected chi connectivity index (χ2v) is 6.01. The molecule has 1 aliphatic heterocycles. The number of carbonyl (C=O) groups excluding carboxylic acids is 1. The van der Waals surface area contributed by atoms with Crippen molar-refractivity contribution < 1.29 is 9.53 Å². The van der Waals surface area contributed by atoms with Gasteiger partial charge in [0.15, 0.2) is 0 Å². The van der Waals surface area contributed by atoms with E-state index in [4.69, 9.17) is 16.9 Å².